The predicted octanol–water partition coefficient (Wildman–Crippen LogP) is 0.541. The second-order valence-electron chi connectivity index (χ2n) is 3.90. The second-order valence-corrected chi connectivity index (χ2v) is 3.90. The summed E-state index contributed by atoms with van der Waals surface area (Å²) in [7, 11) is 3.14. The number of hydrogen-bond donors (Lipinski definition) is 1. The summed E-state index contributed by atoms with van der Waals surface area (Å²) >= 11 is 0. The third kappa shape index (κ3) is 3.66. The first-order valence-corrected chi connectivity index (χ1v) is 6.03. The van der Waals surface area contributed by atoms with Crippen LogP contribution in [0, 0.1) is 11.3 Å². The lowest BCUT2D eigenvalue weighted by Gasteiger charge is -2.29. The minimum Gasteiger partial charge on any atom is -0.467 e. The number of methoxy groups -OCH3 is 1. The Balaban J connectivity index is 3.01. The number of ether oxygens (including phenoxy) is 1. The summed E-state index contributed by atoms with van der Waals surface area (Å²) in [6, 6.07) is 4.98. The van der Waals surface area contributed by atoms with Gasteiger partial charge in [0.15, 0.2) is 0 Å². The van der Waals surface area contributed by atoms with Gasteiger partial charge in [0, 0.05) is 19.3 Å². The van der Waals surface area contributed by atoms with E-state index in [0.29, 0.717) is 24.5 Å². The van der Waals surface area contributed by atoms with Crippen LogP contribution < -0.4 is 10.2 Å². The van der Waals surface area contributed by atoms with E-state index in [0.717, 1.165) is 0 Å². The van der Waals surface area contributed by atoms with Gasteiger partial charge in [0.25, 0.3) is 0 Å². The summed E-state index contributed by atoms with van der Waals surface area (Å²) in [4.78, 5) is 17.9. The molecular formula is C13H18N4O2. The van der Waals surface area contributed by atoms with Gasteiger partial charge >= 0.3 is 5.97 Å². The fourth-order valence-corrected chi connectivity index (χ4v) is 1.81. The van der Waals surface area contributed by atoms with Crippen LogP contribution in [0.25, 0.3) is 0 Å². The van der Waals surface area contributed by atoms with Crippen LogP contribution in [-0.4, -0.2) is 44.2 Å². The average molecular weight is 262 g/mol. The van der Waals surface area contributed by atoms with Gasteiger partial charge in [-0.15, -0.1) is 0 Å². The third-order valence-corrected chi connectivity index (χ3v) is 2.76. The molecule has 6 nitrogen and oxygen atoms in total. The lowest BCUT2D eigenvalue weighted by atomic mass is 10.2. The first-order chi connectivity index (χ1) is 9.17. The summed E-state index contributed by atoms with van der Waals surface area (Å²) in [5.74, 6) is 0.328. The molecule has 1 aromatic rings. The molecule has 1 rings (SSSR count). The Bertz CT molecular complexity index is 453. The minimum atomic E-state index is -0.444. The number of nitrogens with zero attached hydrogens (tertiary/aromatic N) is 3. The van der Waals surface area contributed by atoms with Crippen molar-refractivity contribution in [3.8, 4) is 6.07 Å². The van der Waals surface area contributed by atoms with Gasteiger partial charge in [-0.2, -0.15) is 5.26 Å². The number of esters is 1. The van der Waals surface area contributed by atoms with Gasteiger partial charge < -0.3 is 15.0 Å². The molecule has 0 saturated heterocycles. The molecule has 0 aliphatic carbocycles. The highest BCUT2D eigenvalue weighted by Crippen LogP contribution is 2.15. The molecule has 0 fully saturated rings. The van der Waals surface area contributed by atoms with Crippen LogP contribution in [0.15, 0.2) is 18.3 Å². The van der Waals surface area contributed by atoms with E-state index >= 15 is 0 Å². The lowest BCUT2D eigenvalue weighted by molar-refractivity contribution is -0.142. The Morgan fingerprint density at radius 2 is 2.37 bits per heavy atom. The van der Waals surface area contributed by atoms with Crippen molar-refractivity contribution in [1.82, 2.24) is 10.3 Å². The molecule has 19 heavy (non-hydrogen) atoms. The quantitative estimate of drug-likeness (QED) is 0.754. The maximum atomic E-state index is 11.8. The zero-order chi connectivity index (χ0) is 14.3. The van der Waals surface area contributed by atoms with Crippen LogP contribution in [0.5, 0.6) is 0 Å². The standard InChI is InChI=1S/C13H18N4O2/c1-4-17(11(9-15-2)13(18)19-3)12-6-5-10(7-14)8-16-12/h5-6,8,11,15H,4,9H2,1-3H3. The molecule has 0 saturated carbocycles. The van der Waals surface area contributed by atoms with Gasteiger partial charge in [0.05, 0.1) is 12.7 Å². The first-order valence-electron chi connectivity index (χ1n) is 6.03. The highest BCUT2D eigenvalue weighted by molar-refractivity contribution is 5.80. The molecule has 0 radical (unpaired) electrons. The number of carbonyl (C=O) groups is 1. The van der Waals surface area contributed by atoms with Gasteiger partial charge in [0.1, 0.15) is 17.9 Å². The van der Waals surface area contributed by atoms with E-state index in [9.17, 15) is 4.79 Å². The number of pyridine rings is 1. The Hall–Kier alpha value is -2.13. The molecule has 1 N–H and O–H groups in total. The molecule has 0 aliphatic heterocycles. The van der Waals surface area contributed by atoms with Crippen molar-refractivity contribution in [2.75, 3.05) is 32.1 Å². The Kier molecular flexibility index (Phi) is 5.76. The number of nitrogens with one attached hydrogen (secondary N) is 1. The Labute approximate surface area is 113 Å². The number of rotatable bonds is 6. The molecule has 0 spiro atoms. The predicted molar refractivity (Wildman–Crippen MR) is 71.7 cm³/mol. The fraction of sp³-hybridized carbons (Fsp3) is 0.462. The molecule has 0 aromatic carbocycles. The number of carbonyl (C=O) groups excluding carboxylic acids is 1. The van der Waals surface area contributed by atoms with E-state index in [1.807, 2.05) is 17.9 Å². The van der Waals surface area contributed by atoms with E-state index in [2.05, 4.69) is 10.3 Å². The Morgan fingerprint density at radius 3 is 2.79 bits per heavy atom. The van der Waals surface area contributed by atoms with E-state index in [4.69, 9.17) is 10.00 Å². The summed E-state index contributed by atoms with van der Waals surface area (Å²) < 4.78 is 4.81. The zero-order valence-corrected chi connectivity index (χ0v) is 11.4. The van der Waals surface area contributed by atoms with Crippen LogP contribution >= 0.6 is 0 Å². The van der Waals surface area contributed by atoms with E-state index < -0.39 is 6.04 Å². The summed E-state index contributed by atoms with van der Waals surface area (Å²) in [5.41, 5.74) is 0.489. The van der Waals surface area contributed by atoms with Crippen LogP contribution in [-0.2, 0) is 9.53 Å². The smallest absolute Gasteiger partial charge is 0.329 e. The maximum Gasteiger partial charge on any atom is 0.329 e. The van der Waals surface area contributed by atoms with Crippen molar-refractivity contribution in [3.63, 3.8) is 0 Å². The molecule has 102 valence electrons. The van der Waals surface area contributed by atoms with Gasteiger partial charge in [-0.1, -0.05) is 0 Å². The molecule has 0 bridgehead atoms. The molecule has 1 aromatic heterocycles. The van der Waals surface area contributed by atoms with Gasteiger partial charge in [-0.05, 0) is 26.1 Å². The largest absolute Gasteiger partial charge is 0.467 e. The number of anilines is 1. The minimum absolute atomic E-state index is 0.317. The number of nitriles is 1. The topological polar surface area (TPSA) is 78.3 Å². The van der Waals surface area contributed by atoms with Crippen molar-refractivity contribution < 1.29 is 9.53 Å². The lowest BCUT2D eigenvalue weighted by Crippen LogP contribution is -2.48. The van der Waals surface area contributed by atoms with Crippen molar-refractivity contribution >= 4 is 11.8 Å². The van der Waals surface area contributed by atoms with Crippen LogP contribution in [0.1, 0.15) is 12.5 Å². The first kappa shape index (κ1) is 14.9. The zero-order valence-electron chi connectivity index (χ0n) is 11.4. The van der Waals surface area contributed by atoms with Crippen LogP contribution in [0.3, 0.4) is 0 Å². The monoisotopic (exact) mass is 262 g/mol. The molecule has 0 amide bonds. The fourth-order valence-electron chi connectivity index (χ4n) is 1.81. The molecule has 1 atom stereocenters. The highest BCUT2D eigenvalue weighted by atomic mass is 16.5. The van der Waals surface area contributed by atoms with Crippen LogP contribution in [0.4, 0.5) is 5.82 Å². The van der Waals surface area contributed by atoms with Gasteiger partial charge in [-0.25, -0.2) is 9.78 Å². The van der Waals surface area contributed by atoms with Crippen molar-refractivity contribution in [2.24, 2.45) is 0 Å². The van der Waals surface area contributed by atoms with Crippen molar-refractivity contribution in [2.45, 2.75) is 13.0 Å². The third-order valence-electron chi connectivity index (χ3n) is 2.76. The molecule has 1 heterocycles. The normalized spacial score (nSPS) is 11.5. The SMILES string of the molecule is CCN(c1ccc(C#N)cn1)C(CNC)C(=O)OC. The van der Waals surface area contributed by atoms with E-state index in [1.165, 1.54) is 13.3 Å². The van der Waals surface area contributed by atoms with Crippen molar-refractivity contribution in [3.05, 3.63) is 23.9 Å². The van der Waals surface area contributed by atoms with Crippen molar-refractivity contribution in [1.29, 1.82) is 5.26 Å². The second kappa shape index (κ2) is 7.34. The summed E-state index contributed by atoms with van der Waals surface area (Å²) in [6.45, 7) is 3.01. The molecule has 0 aliphatic rings. The summed E-state index contributed by atoms with van der Waals surface area (Å²) in [6.07, 6.45) is 1.49. The molecule has 6 heteroatoms. The molecular weight excluding hydrogens is 244 g/mol. The summed E-state index contributed by atoms with van der Waals surface area (Å²) in [5, 5.41) is 11.7. The Morgan fingerprint density at radius 1 is 1.63 bits per heavy atom. The number of likely N-dealkylation sites (N-methyl/N-ethyl adjacent to an activating group) is 2. The molecule has 1 unspecified atom stereocenters. The van der Waals surface area contributed by atoms with Gasteiger partial charge in [-0.3, -0.25) is 0 Å². The van der Waals surface area contributed by atoms with Crippen LogP contribution in [0.2, 0.25) is 0 Å². The average Bonchev–Trinajstić information content (AvgIpc) is 2.47. The highest BCUT2D eigenvalue weighted by Gasteiger charge is 2.26. The number of hydrogen-bond acceptors (Lipinski definition) is 6. The van der Waals surface area contributed by atoms with Gasteiger partial charge in [0.2, 0.25) is 0 Å². The number of aromatic nitrogens is 1. The van der Waals surface area contributed by atoms with E-state index in [1.54, 1.807) is 19.2 Å². The van der Waals surface area contributed by atoms with E-state index in [-0.39, 0.29) is 5.97 Å². The maximum absolute atomic E-state index is 11.8.